The van der Waals surface area contributed by atoms with Crippen molar-refractivity contribution < 1.29 is 9.13 Å². The van der Waals surface area contributed by atoms with Gasteiger partial charge in [-0.15, -0.1) is 0 Å². The lowest BCUT2D eigenvalue weighted by atomic mass is 10.1. The van der Waals surface area contributed by atoms with Crippen LogP contribution in [-0.2, 0) is 0 Å². The third-order valence-corrected chi connectivity index (χ3v) is 4.29. The largest absolute Gasteiger partial charge is 0.494 e. The highest BCUT2D eigenvalue weighted by molar-refractivity contribution is 9.10. The Morgan fingerprint density at radius 2 is 2.10 bits per heavy atom. The molecule has 0 aliphatic rings. The van der Waals surface area contributed by atoms with Gasteiger partial charge in [-0.25, -0.2) is 4.39 Å². The molecule has 112 valence electrons. The van der Waals surface area contributed by atoms with Crippen molar-refractivity contribution in [1.82, 2.24) is 0 Å². The molecule has 0 fully saturated rings. The number of nitrogens with two attached hydrogens (primary N) is 1. The van der Waals surface area contributed by atoms with Crippen molar-refractivity contribution in [2.75, 3.05) is 19.0 Å². The molecule has 1 unspecified atom stereocenters. The fourth-order valence-corrected chi connectivity index (χ4v) is 2.46. The van der Waals surface area contributed by atoms with Gasteiger partial charge in [0.2, 0.25) is 0 Å². The summed E-state index contributed by atoms with van der Waals surface area (Å²) in [5.74, 6) is -0.198. The second-order valence-electron chi connectivity index (χ2n) is 4.46. The van der Waals surface area contributed by atoms with E-state index in [1.807, 2.05) is 12.1 Å². The van der Waals surface area contributed by atoms with E-state index in [1.54, 1.807) is 18.2 Å². The minimum atomic E-state index is -0.410. The molecule has 0 aromatic heterocycles. The molecule has 3 N–H and O–H groups in total. The topological polar surface area (TPSA) is 47.3 Å². The van der Waals surface area contributed by atoms with Crippen molar-refractivity contribution in [3.05, 3.63) is 57.3 Å². The maximum Gasteiger partial charge on any atom is 0.165 e. The van der Waals surface area contributed by atoms with Crippen molar-refractivity contribution in [1.29, 1.82) is 0 Å². The van der Waals surface area contributed by atoms with Gasteiger partial charge in [-0.3, -0.25) is 0 Å². The van der Waals surface area contributed by atoms with Crippen LogP contribution < -0.4 is 15.8 Å². The van der Waals surface area contributed by atoms with Gasteiger partial charge in [-0.05, 0) is 51.8 Å². The van der Waals surface area contributed by atoms with Crippen LogP contribution >= 0.6 is 27.5 Å². The zero-order valence-electron chi connectivity index (χ0n) is 11.4. The summed E-state index contributed by atoms with van der Waals surface area (Å²) >= 11 is 9.32. The predicted molar refractivity (Wildman–Crippen MR) is 87.5 cm³/mol. The van der Waals surface area contributed by atoms with Crippen LogP contribution in [0.25, 0.3) is 0 Å². The monoisotopic (exact) mass is 372 g/mol. The highest BCUT2D eigenvalue weighted by atomic mass is 79.9. The molecule has 21 heavy (non-hydrogen) atoms. The van der Waals surface area contributed by atoms with Gasteiger partial charge in [0.15, 0.2) is 11.6 Å². The Kier molecular flexibility index (Phi) is 5.45. The van der Waals surface area contributed by atoms with E-state index in [4.69, 9.17) is 22.1 Å². The molecule has 6 heteroatoms. The number of ether oxygens (including phenoxy) is 1. The number of nitrogens with one attached hydrogen (secondary N) is 1. The molecule has 0 aliphatic carbocycles. The fraction of sp³-hybridized carbons (Fsp3) is 0.200. The Bertz CT molecular complexity index is 639. The van der Waals surface area contributed by atoms with Gasteiger partial charge in [0.1, 0.15) is 0 Å². The molecule has 2 rings (SSSR count). The Labute approximate surface area is 136 Å². The average molecular weight is 374 g/mol. The van der Waals surface area contributed by atoms with Crippen LogP contribution in [0.1, 0.15) is 11.6 Å². The molecular formula is C15H15BrClFN2O. The van der Waals surface area contributed by atoms with Crippen molar-refractivity contribution in [2.45, 2.75) is 6.04 Å². The Morgan fingerprint density at radius 1 is 1.33 bits per heavy atom. The van der Waals surface area contributed by atoms with Crippen LogP contribution in [-0.4, -0.2) is 13.7 Å². The lowest BCUT2D eigenvalue weighted by molar-refractivity contribution is 0.386. The predicted octanol–water partition coefficient (Wildman–Crippen LogP) is 4.36. The average Bonchev–Trinajstić information content (AvgIpc) is 2.48. The van der Waals surface area contributed by atoms with E-state index in [0.29, 0.717) is 11.6 Å². The molecule has 0 bridgehead atoms. The zero-order valence-corrected chi connectivity index (χ0v) is 13.7. The van der Waals surface area contributed by atoms with Crippen molar-refractivity contribution >= 4 is 33.2 Å². The van der Waals surface area contributed by atoms with E-state index in [2.05, 4.69) is 21.2 Å². The number of hydrogen-bond donors (Lipinski definition) is 2. The summed E-state index contributed by atoms with van der Waals surface area (Å²) in [6.07, 6.45) is 0. The Morgan fingerprint density at radius 3 is 2.67 bits per heavy atom. The maximum absolute atomic E-state index is 13.8. The van der Waals surface area contributed by atoms with Gasteiger partial charge in [0, 0.05) is 16.7 Å². The summed E-state index contributed by atoms with van der Waals surface area (Å²) in [5.41, 5.74) is 7.38. The summed E-state index contributed by atoms with van der Waals surface area (Å²) in [7, 11) is 1.43. The molecule has 0 radical (unpaired) electrons. The molecule has 1 atom stereocenters. The quantitative estimate of drug-likeness (QED) is 0.818. The minimum absolute atomic E-state index is 0.210. The molecule has 0 aliphatic heterocycles. The Balaban J connectivity index is 2.23. The molecule has 0 saturated carbocycles. The number of methoxy groups -OCH3 is 1. The van der Waals surface area contributed by atoms with Crippen LogP contribution in [0.5, 0.6) is 5.75 Å². The van der Waals surface area contributed by atoms with Crippen molar-refractivity contribution in [3.8, 4) is 5.75 Å². The SMILES string of the molecule is COc1ccc(C(CN)Nc2ccc(Cl)c(Br)c2)cc1F. The number of benzene rings is 2. The van der Waals surface area contributed by atoms with Gasteiger partial charge in [0.05, 0.1) is 18.2 Å². The maximum atomic E-state index is 13.8. The molecule has 2 aromatic rings. The second kappa shape index (κ2) is 7.11. The fourth-order valence-electron chi connectivity index (χ4n) is 1.96. The smallest absolute Gasteiger partial charge is 0.165 e. The highest BCUT2D eigenvalue weighted by Gasteiger charge is 2.13. The summed E-state index contributed by atoms with van der Waals surface area (Å²) in [6.45, 7) is 0.325. The van der Waals surface area contributed by atoms with E-state index in [0.717, 1.165) is 15.7 Å². The first kappa shape index (κ1) is 16.1. The second-order valence-corrected chi connectivity index (χ2v) is 5.72. The Hall–Kier alpha value is -1.30. The molecule has 0 amide bonds. The number of anilines is 1. The van der Waals surface area contributed by atoms with Crippen LogP contribution in [0.3, 0.4) is 0 Å². The van der Waals surface area contributed by atoms with Gasteiger partial charge >= 0.3 is 0 Å². The lowest BCUT2D eigenvalue weighted by Gasteiger charge is -2.19. The molecule has 2 aromatic carbocycles. The van der Waals surface area contributed by atoms with Gasteiger partial charge in [-0.1, -0.05) is 17.7 Å². The number of hydrogen-bond acceptors (Lipinski definition) is 3. The van der Waals surface area contributed by atoms with Crippen molar-refractivity contribution in [2.24, 2.45) is 5.73 Å². The van der Waals surface area contributed by atoms with E-state index in [1.165, 1.54) is 13.2 Å². The number of halogens is 3. The summed E-state index contributed by atoms with van der Waals surface area (Å²) in [4.78, 5) is 0. The van der Waals surface area contributed by atoms with E-state index in [9.17, 15) is 4.39 Å². The normalized spacial score (nSPS) is 12.0. The lowest BCUT2D eigenvalue weighted by Crippen LogP contribution is -2.20. The van der Waals surface area contributed by atoms with Gasteiger partial charge in [-0.2, -0.15) is 0 Å². The zero-order chi connectivity index (χ0) is 15.4. The molecule has 0 spiro atoms. The van der Waals surface area contributed by atoms with Crippen LogP contribution in [0.15, 0.2) is 40.9 Å². The van der Waals surface area contributed by atoms with Crippen LogP contribution in [0.4, 0.5) is 10.1 Å². The van der Waals surface area contributed by atoms with Crippen molar-refractivity contribution in [3.63, 3.8) is 0 Å². The molecule has 0 heterocycles. The molecule has 3 nitrogen and oxygen atoms in total. The summed E-state index contributed by atoms with van der Waals surface area (Å²) < 4.78 is 19.5. The van der Waals surface area contributed by atoms with Crippen LogP contribution in [0, 0.1) is 5.82 Å². The standard InChI is InChI=1S/C15H15BrClFN2O/c1-21-15-5-2-9(6-13(15)18)14(8-19)20-10-3-4-12(17)11(16)7-10/h2-7,14,20H,8,19H2,1H3. The molecule has 0 saturated heterocycles. The van der Waals surface area contributed by atoms with E-state index >= 15 is 0 Å². The summed E-state index contributed by atoms with van der Waals surface area (Å²) in [6, 6.07) is 10.1. The minimum Gasteiger partial charge on any atom is -0.494 e. The first-order chi connectivity index (χ1) is 10.0. The first-order valence-corrected chi connectivity index (χ1v) is 7.47. The first-order valence-electron chi connectivity index (χ1n) is 6.30. The van der Waals surface area contributed by atoms with E-state index < -0.39 is 5.82 Å². The van der Waals surface area contributed by atoms with Crippen LogP contribution in [0.2, 0.25) is 5.02 Å². The van der Waals surface area contributed by atoms with Gasteiger partial charge in [0.25, 0.3) is 0 Å². The third kappa shape index (κ3) is 3.87. The summed E-state index contributed by atoms with van der Waals surface area (Å²) in [5, 5.41) is 3.88. The van der Waals surface area contributed by atoms with Gasteiger partial charge < -0.3 is 15.8 Å². The highest BCUT2D eigenvalue weighted by Crippen LogP contribution is 2.28. The third-order valence-electron chi connectivity index (χ3n) is 3.07. The molecular weight excluding hydrogens is 359 g/mol. The van der Waals surface area contributed by atoms with E-state index in [-0.39, 0.29) is 11.8 Å². The number of rotatable bonds is 5.